The molecule has 0 N–H and O–H groups in total. The molecule has 4 saturated carbocycles. The van der Waals surface area contributed by atoms with Gasteiger partial charge in [0.25, 0.3) is 0 Å². The second kappa shape index (κ2) is 4.00. The second-order valence-corrected chi connectivity index (χ2v) is 7.94. The van der Waals surface area contributed by atoms with Crippen molar-refractivity contribution in [2.45, 2.75) is 64.7 Å². The molecule has 4 rings (SSSR count). The fraction of sp³-hybridized carbons (Fsp3) is 1.00. The third kappa shape index (κ3) is 1.70. The lowest BCUT2D eigenvalue weighted by molar-refractivity contribution is 0.116. The quantitative estimate of drug-likeness (QED) is 0.558. The predicted octanol–water partition coefficient (Wildman–Crippen LogP) is 4.89. The Morgan fingerprint density at radius 2 is 1.29 bits per heavy atom. The summed E-state index contributed by atoms with van der Waals surface area (Å²) in [5.41, 5.74) is 0. The Morgan fingerprint density at radius 1 is 0.588 bits per heavy atom. The summed E-state index contributed by atoms with van der Waals surface area (Å²) in [6, 6.07) is 0. The zero-order chi connectivity index (χ0) is 11.4. The summed E-state index contributed by atoms with van der Waals surface area (Å²) in [5, 5.41) is 0. The van der Waals surface area contributed by atoms with E-state index in [1.54, 1.807) is 57.8 Å². The van der Waals surface area contributed by atoms with Crippen molar-refractivity contribution in [3.05, 3.63) is 0 Å². The van der Waals surface area contributed by atoms with Crippen LogP contribution in [0.3, 0.4) is 0 Å². The molecular weight excluding hydrogens is 204 g/mol. The Balaban J connectivity index is 1.52. The molecule has 0 heteroatoms. The van der Waals surface area contributed by atoms with Crippen LogP contribution in [0.1, 0.15) is 64.7 Å². The first-order valence-corrected chi connectivity index (χ1v) is 8.31. The van der Waals surface area contributed by atoms with Gasteiger partial charge in [-0.1, -0.05) is 26.2 Å². The Hall–Kier alpha value is 0. The smallest absolute Gasteiger partial charge is 0.0352 e. The molecular formula is C17H28. The summed E-state index contributed by atoms with van der Waals surface area (Å²) in [6.45, 7) is 2.50. The van der Waals surface area contributed by atoms with E-state index < -0.39 is 0 Å². The SMILES string of the molecule is CC1CC2CC3C4CCCC[C@@H]4C[C@@H]3CC2C1. The van der Waals surface area contributed by atoms with Crippen LogP contribution in [-0.2, 0) is 0 Å². The molecule has 4 fully saturated rings. The van der Waals surface area contributed by atoms with Crippen LogP contribution in [0.15, 0.2) is 0 Å². The average Bonchev–Trinajstić information content (AvgIpc) is 2.84. The van der Waals surface area contributed by atoms with E-state index in [4.69, 9.17) is 0 Å². The van der Waals surface area contributed by atoms with Crippen LogP contribution in [0.4, 0.5) is 0 Å². The van der Waals surface area contributed by atoms with E-state index in [9.17, 15) is 0 Å². The molecule has 96 valence electrons. The van der Waals surface area contributed by atoms with Gasteiger partial charge in [-0.15, -0.1) is 0 Å². The third-order valence-corrected chi connectivity index (χ3v) is 6.99. The lowest BCUT2D eigenvalue weighted by Crippen LogP contribution is -2.29. The van der Waals surface area contributed by atoms with Gasteiger partial charge in [0.1, 0.15) is 0 Å². The second-order valence-electron chi connectivity index (χ2n) is 7.94. The molecule has 4 aliphatic rings. The van der Waals surface area contributed by atoms with Crippen LogP contribution < -0.4 is 0 Å². The summed E-state index contributed by atoms with van der Waals surface area (Å²) in [6.07, 6.45) is 14.3. The van der Waals surface area contributed by atoms with Crippen LogP contribution in [0.5, 0.6) is 0 Å². The predicted molar refractivity (Wildman–Crippen MR) is 71.7 cm³/mol. The molecule has 0 bridgehead atoms. The minimum atomic E-state index is 1.05. The molecule has 0 spiro atoms. The van der Waals surface area contributed by atoms with Gasteiger partial charge >= 0.3 is 0 Å². The molecule has 4 aliphatic carbocycles. The molecule has 0 radical (unpaired) electrons. The number of fused-ring (bicyclic) bond motifs is 4. The molecule has 0 saturated heterocycles. The third-order valence-electron chi connectivity index (χ3n) is 6.99. The zero-order valence-electron chi connectivity index (χ0n) is 11.4. The van der Waals surface area contributed by atoms with Gasteiger partial charge in [-0.2, -0.15) is 0 Å². The highest BCUT2D eigenvalue weighted by Gasteiger charge is 2.50. The number of rotatable bonds is 0. The highest BCUT2D eigenvalue weighted by Crippen LogP contribution is 2.59. The Bertz CT molecular complexity index is 294. The van der Waals surface area contributed by atoms with Crippen molar-refractivity contribution in [1.82, 2.24) is 0 Å². The van der Waals surface area contributed by atoms with E-state index in [2.05, 4.69) is 6.92 Å². The maximum atomic E-state index is 2.50. The molecule has 17 heavy (non-hydrogen) atoms. The minimum absolute atomic E-state index is 1.05. The van der Waals surface area contributed by atoms with Gasteiger partial charge in [0.15, 0.2) is 0 Å². The molecule has 0 amide bonds. The normalized spacial score (nSPS) is 57.4. The first kappa shape index (κ1) is 10.9. The standard InChI is InChI=1S/C17H28/c1-11-6-13-9-15-8-12-4-2-3-5-16(12)17(15)10-14(13)7-11/h11-17H,2-10H2,1H3/t11?,12-,13?,14?,15-,16?,17?/m1/s1. The van der Waals surface area contributed by atoms with Crippen LogP contribution in [0.2, 0.25) is 0 Å². The van der Waals surface area contributed by atoms with Crippen LogP contribution in [-0.4, -0.2) is 0 Å². The summed E-state index contributed by atoms with van der Waals surface area (Å²) in [5.74, 6) is 8.01. The molecule has 7 atom stereocenters. The van der Waals surface area contributed by atoms with Crippen LogP contribution >= 0.6 is 0 Å². The number of hydrogen-bond donors (Lipinski definition) is 0. The van der Waals surface area contributed by atoms with E-state index in [-0.39, 0.29) is 0 Å². The molecule has 5 unspecified atom stereocenters. The maximum absolute atomic E-state index is 2.50. The minimum Gasteiger partial charge on any atom is -0.0625 e. The monoisotopic (exact) mass is 232 g/mol. The highest BCUT2D eigenvalue weighted by atomic mass is 14.5. The Kier molecular flexibility index (Phi) is 2.56. The topological polar surface area (TPSA) is 0 Å². The van der Waals surface area contributed by atoms with Gasteiger partial charge in [-0.25, -0.2) is 0 Å². The van der Waals surface area contributed by atoms with Gasteiger partial charge in [0.2, 0.25) is 0 Å². The van der Waals surface area contributed by atoms with Crippen molar-refractivity contribution < 1.29 is 0 Å². The van der Waals surface area contributed by atoms with E-state index >= 15 is 0 Å². The van der Waals surface area contributed by atoms with Crippen molar-refractivity contribution in [2.75, 3.05) is 0 Å². The fourth-order valence-corrected chi connectivity index (χ4v) is 6.47. The summed E-state index contributed by atoms with van der Waals surface area (Å²) in [7, 11) is 0. The van der Waals surface area contributed by atoms with E-state index in [0.29, 0.717) is 0 Å². The Morgan fingerprint density at radius 3 is 2.18 bits per heavy atom. The van der Waals surface area contributed by atoms with E-state index in [1.165, 1.54) is 11.8 Å². The summed E-state index contributed by atoms with van der Waals surface area (Å²) < 4.78 is 0. The van der Waals surface area contributed by atoms with Gasteiger partial charge < -0.3 is 0 Å². The average molecular weight is 232 g/mol. The van der Waals surface area contributed by atoms with Crippen molar-refractivity contribution in [3.63, 3.8) is 0 Å². The fourth-order valence-electron chi connectivity index (χ4n) is 6.47. The van der Waals surface area contributed by atoms with Crippen molar-refractivity contribution >= 4 is 0 Å². The van der Waals surface area contributed by atoms with E-state index in [1.807, 2.05) is 0 Å². The van der Waals surface area contributed by atoms with Gasteiger partial charge in [-0.05, 0) is 80.0 Å². The zero-order valence-corrected chi connectivity index (χ0v) is 11.4. The molecule has 0 aliphatic heterocycles. The van der Waals surface area contributed by atoms with Crippen LogP contribution in [0.25, 0.3) is 0 Å². The van der Waals surface area contributed by atoms with E-state index in [0.717, 1.165) is 29.6 Å². The molecule has 0 aromatic heterocycles. The molecule has 0 aromatic carbocycles. The molecule has 0 heterocycles. The van der Waals surface area contributed by atoms with Gasteiger partial charge in [0, 0.05) is 0 Å². The van der Waals surface area contributed by atoms with Crippen molar-refractivity contribution in [2.24, 2.45) is 41.4 Å². The maximum Gasteiger partial charge on any atom is -0.0352 e. The first-order chi connectivity index (χ1) is 8.31. The Labute approximate surface area is 107 Å². The van der Waals surface area contributed by atoms with Gasteiger partial charge in [-0.3, -0.25) is 0 Å². The number of hydrogen-bond acceptors (Lipinski definition) is 0. The summed E-state index contributed by atoms with van der Waals surface area (Å²) >= 11 is 0. The van der Waals surface area contributed by atoms with Crippen LogP contribution in [0, 0.1) is 41.4 Å². The first-order valence-electron chi connectivity index (χ1n) is 8.31. The largest absolute Gasteiger partial charge is 0.0625 e. The van der Waals surface area contributed by atoms with Crippen molar-refractivity contribution in [1.29, 1.82) is 0 Å². The molecule has 0 aromatic rings. The highest BCUT2D eigenvalue weighted by molar-refractivity contribution is 5.00. The molecule has 0 nitrogen and oxygen atoms in total. The lowest BCUT2D eigenvalue weighted by atomic mass is 9.67. The summed E-state index contributed by atoms with van der Waals surface area (Å²) in [4.78, 5) is 0. The van der Waals surface area contributed by atoms with Gasteiger partial charge in [0.05, 0.1) is 0 Å². The lowest BCUT2D eigenvalue weighted by Gasteiger charge is -2.38. The van der Waals surface area contributed by atoms with Crippen molar-refractivity contribution in [3.8, 4) is 0 Å².